The van der Waals surface area contributed by atoms with Crippen LogP contribution in [0.15, 0.2) is 52.4 Å². The molecule has 2 heterocycles. The summed E-state index contributed by atoms with van der Waals surface area (Å²) in [5, 5.41) is 8.29. The lowest BCUT2D eigenvalue weighted by molar-refractivity contribution is 0.0598. The number of nitrogens with zero attached hydrogens (tertiary/aromatic N) is 4. The van der Waals surface area contributed by atoms with Gasteiger partial charge in [-0.3, -0.25) is 9.48 Å². The van der Waals surface area contributed by atoms with Crippen LogP contribution < -0.4 is 5.56 Å². The summed E-state index contributed by atoms with van der Waals surface area (Å²) < 4.78 is 30.5. The molecule has 3 rings (SSSR count). The fourth-order valence-corrected chi connectivity index (χ4v) is 3.09. The third kappa shape index (κ3) is 3.65. The predicted octanol–water partition coefficient (Wildman–Crippen LogP) is 0.823. The zero-order valence-electron chi connectivity index (χ0n) is 14.8. The van der Waals surface area contributed by atoms with Crippen molar-refractivity contribution in [2.75, 3.05) is 13.4 Å². The van der Waals surface area contributed by atoms with E-state index < -0.39 is 21.4 Å². The van der Waals surface area contributed by atoms with Gasteiger partial charge in [0.15, 0.2) is 9.84 Å². The second kappa shape index (κ2) is 6.80. The fraction of sp³-hybridized carbons (Fsp3) is 0.176. The molecule has 2 aromatic heterocycles. The zero-order valence-corrected chi connectivity index (χ0v) is 15.6. The highest BCUT2D eigenvalue weighted by Gasteiger charge is 2.19. The summed E-state index contributed by atoms with van der Waals surface area (Å²) in [5.74, 6) is -0.797. The summed E-state index contributed by atoms with van der Waals surface area (Å²) in [6.07, 6.45) is 4.12. The van der Waals surface area contributed by atoms with Crippen molar-refractivity contribution >= 4 is 15.8 Å². The molecule has 0 aliphatic rings. The Morgan fingerprint density at radius 3 is 2.37 bits per heavy atom. The van der Waals surface area contributed by atoms with Crippen molar-refractivity contribution in [3.8, 4) is 16.9 Å². The van der Waals surface area contributed by atoms with Crippen molar-refractivity contribution in [3.63, 3.8) is 0 Å². The molecule has 1 aromatic carbocycles. The van der Waals surface area contributed by atoms with Gasteiger partial charge in [-0.1, -0.05) is 12.1 Å². The number of sulfone groups is 1. The van der Waals surface area contributed by atoms with Crippen molar-refractivity contribution in [2.24, 2.45) is 7.05 Å². The maximum atomic E-state index is 12.6. The number of hydrogen-bond donors (Lipinski definition) is 0. The van der Waals surface area contributed by atoms with Crippen LogP contribution in [0.1, 0.15) is 10.4 Å². The van der Waals surface area contributed by atoms with Gasteiger partial charge >= 0.3 is 5.97 Å². The smallest absolute Gasteiger partial charge is 0.343 e. The summed E-state index contributed by atoms with van der Waals surface area (Å²) >= 11 is 0. The number of aryl methyl sites for hydroxylation is 1. The number of aromatic nitrogens is 4. The molecule has 0 radical (unpaired) electrons. The number of esters is 1. The Morgan fingerprint density at radius 1 is 1.19 bits per heavy atom. The second-order valence-electron chi connectivity index (χ2n) is 5.82. The van der Waals surface area contributed by atoms with E-state index in [1.807, 2.05) is 0 Å². The van der Waals surface area contributed by atoms with Crippen molar-refractivity contribution in [3.05, 3.63) is 58.6 Å². The Hall–Kier alpha value is -3.27. The minimum atomic E-state index is -3.34. The molecule has 0 saturated carbocycles. The second-order valence-corrected chi connectivity index (χ2v) is 7.84. The number of carbonyl (C=O) groups is 1. The molecule has 0 aliphatic carbocycles. The Bertz CT molecular complexity index is 1180. The van der Waals surface area contributed by atoms with Crippen LogP contribution in [-0.2, 0) is 21.6 Å². The van der Waals surface area contributed by atoms with Gasteiger partial charge in [0.05, 0.1) is 30.1 Å². The van der Waals surface area contributed by atoms with Gasteiger partial charge < -0.3 is 4.74 Å². The highest BCUT2D eigenvalue weighted by Crippen LogP contribution is 2.20. The van der Waals surface area contributed by atoms with E-state index in [1.165, 1.54) is 36.2 Å². The van der Waals surface area contributed by atoms with Crippen LogP contribution in [0.5, 0.6) is 0 Å². The van der Waals surface area contributed by atoms with Crippen LogP contribution in [0.25, 0.3) is 16.9 Å². The van der Waals surface area contributed by atoms with E-state index in [4.69, 9.17) is 0 Å². The Balaban J connectivity index is 2.21. The lowest BCUT2D eigenvalue weighted by Crippen LogP contribution is -2.28. The molecule has 3 aromatic rings. The molecule has 27 heavy (non-hydrogen) atoms. The largest absolute Gasteiger partial charge is 0.465 e. The Morgan fingerprint density at radius 2 is 1.85 bits per heavy atom. The molecule has 0 N–H and O–H groups in total. The number of rotatable bonds is 4. The summed E-state index contributed by atoms with van der Waals surface area (Å²) in [7, 11) is -0.481. The monoisotopic (exact) mass is 388 g/mol. The molecule has 0 aliphatic heterocycles. The van der Waals surface area contributed by atoms with E-state index in [2.05, 4.69) is 14.9 Å². The number of benzene rings is 1. The van der Waals surface area contributed by atoms with Gasteiger partial charge in [-0.15, -0.1) is 0 Å². The Kier molecular flexibility index (Phi) is 4.66. The molecule has 0 unspecified atom stereocenters. The molecule has 0 atom stereocenters. The molecule has 140 valence electrons. The maximum absolute atomic E-state index is 12.6. The highest BCUT2D eigenvalue weighted by atomic mass is 32.2. The third-order valence-corrected chi connectivity index (χ3v) is 4.96. The van der Waals surface area contributed by atoms with E-state index in [9.17, 15) is 18.0 Å². The molecule has 0 fully saturated rings. The average molecular weight is 388 g/mol. The van der Waals surface area contributed by atoms with Crippen LogP contribution in [-0.4, -0.2) is 47.3 Å². The lowest BCUT2D eigenvalue weighted by Gasteiger charge is -2.09. The average Bonchev–Trinajstić information content (AvgIpc) is 3.07. The number of ether oxygens (including phenoxy) is 1. The Labute approximate surface area is 154 Å². The first kappa shape index (κ1) is 18.5. The zero-order chi connectivity index (χ0) is 19.8. The summed E-state index contributed by atoms with van der Waals surface area (Å²) in [5.41, 5.74) is 0.372. The molecule has 9 nitrogen and oxygen atoms in total. The molecule has 0 spiro atoms. The van der Waals surface area contributed by atoms with Crippen molar-refractivity contribution < 1.29 is 17.9 Å². The van der Waals surface area contributed by atoms with Crippen LogP contribution >= 0.6 is 0 Å². The van der Waals surface area contributed by atoms with E-state index in [1.54, 1.807) is 25.4 Å². The first-order chi connectivity index (χ1) is 12.7. The van der Waals surface area contributed by atoms with Crippen molar-refractivity contribution in [1.82, 2.24) is 19.6 Å². The normalized spacial score (nSPS) is 11.4. The number of methoxy groups -OCH3 is 1. The minimum absolute atomic E-state index is 0.153. The number of hydrogen-bond acceptors (Lipinski definition) is 7. The van der Waals surface area contributed by atoms with Crippen LogP contribution in [0.4, 0.5) is 0 Å². The molecule has 0 saturated heterocycles. The third-order valence-electron chi connectivity index (χ3n) is 3.83. The van der Waals surface area contributed by atoms with Crippen LogP contribution in [0.2, 0.25) is 0 Å². The molecule has 0 bridgehead atoms. The first-order valence-electron chi connectivity index (χ1n) is 7.73. The standard InChI is InChI=1S/C17H16N4O5S/c1-20-10-12(9-18-20)21-16(22)14(17(23)26-2)8-15(19-21)11-4-6-13(7-5-11)27(3,24)25/h4-10H,1-3H3. The summed E-state index contributed by atoms with van der Waals surface area (Å²) in [4.78, 5) is 24.8. The lowest BCUT2D eigenvalue weighted by atomic mass is 10.1. The van der Waals surface area contributed by atoms with Gasteiger partial charge in [-0.05, 0) is 18.2 Å². The topological polar surface area (TPSA) is 113 Å². The van der Waals surface area contributed by atoms with Gasteiger partial charge in [0.2, 0.25) is 0 Å². The quantitative estimate of drug-likeness (QED) is 0.608. The molecular formula is C17H16N4O5S. The van der Waals surface area contributed by atoms with Crippen LogP contribution in [0, 0.1) is 0 Å². The van der Waals surface area contributed by atoms with Gasteiger partial charge in [0.25, 0.3) is 5.56 Å². The minimum Gasteiger partial charge on any atom is -0.465 e. The van der Waals surface area contributed by atoms with Crippen molar-refractivity contribution in [2.45, 2.75) is 4.90 Å². The van der Waals surface area contributed by atoms with E-state index in [-0.39, 0.29) is 10.5 Å². The fourth-order valence-electron chi connectivity index (χ4n) is 2.46. The summed E-state index contributed by atoms with van der Waals surface area (Å²) in [6, 6.07) is 7.29. The highest BCUT2D eigenvalue weighted by molar-refractivity contribution is 7.90. The molecular weight excluding hydrogens is 372 g/mol. The van der Waals surface area contributed by atoms with Gasteiger partial charge in [-0.25, -0.2) is 13.2 Å². The van der Waals surface area contributed by atoms with Crippen molar-refractivity contribution in [1.29, 1.82) is 0 Å². The van der Waals surface area contributed by atoms with Gasteiger partial charge in [0.1, 0.15) is 11.3 Å². The molecule has 0 amide bonds. The van der Waals surface area contributed by atoms with E-state index >= 15 is 0 Å². The summed E-state index contributed by atoms with van der Waals surface area (Å²) in [6.45, 7) is 0. The predicted molar refractivity (Wildman–Crippen MR) is 96.5 cm³/mol. The van der Waals surface area contributed by atoms with Gasteiger partial charge in [0, 0.05) is 18.9 Å². The number of carbonyl (C=O) groups excluding carboxylic acids is 1. The SMILES string of the molecule is COC(=O)c1cc(-c2ccc(S(C)(=O)=O)cc2)nn(-c2cnn(C)c2)c1=O. The van der Waals surface area contributed by atoms with Crippen LogP contribution in [0.3, 0.4) is 0 Å². The van der Waals surface area contributed by atoms with Gasteiger partial charge in [-0.2, -0.15) is 14.9 Å². The maximum Gasteiger partial charge on any atom is 0.343 e. The molecule has 10 heteroatoms. The van der Waals surface area contributed by atoms with E-state index in [0.29, 0.717) is 16.9 Å². The first-order valence-corrected chi connectivity index (χ1v) is 9.62. The van der Waals surface area contributed by atoms with E-state index in [0.717, 1.165) is 10.9 Å².